The lowest BCUT2D eigenvalue weighted by Crippen LogP contribution is -2.56. The first kappa shape index (κ1) is 16.8. The van der Waals surface area contributed by atoms with Crippen molar-refractivity contribution in [1.82, 2.24) is 0 Å². The van der Waals surface area contributed by atoms with E-state index in [9.17, 15) is 14.7 Å². The second-order valence-electron chi connectivity index (χ2n) is 8.37. The normalized spacial score (nSPS) is 42.9. The average Bonchev–Trinajstić information content (AvgIpc) is 3.14. The Morgan fingerprint density at radius 3 is 2.76 bits per heavy atom. The lowest BCUT2D eigenvalue weighted by atomic mass is 9.46. The summed E-state index contributed by atoms with van der Waals surface area (Å²) in [5.41, 5.74) is 1.00. The molecule has 1 saturated heterocycles. The Bertz CT molecular complexity index is 678. The van der Waals surface area contributed by atoms with Gasteiger partial charge in [0.2, 0.25) is 0 Å². The van der Waals surface area contributed by atoms with E-state index in [2.05, 4.69) is 13.8 Å². The highest BCUT2D eigenvalue weighted by Crippen LogP contribution is 2.64. The van der Waals surface area contributed by atoms with Gasteiger partial charge in [-0.25, -0.2) is 9.59 Å². The number of hydrogen-bond acceptors (Lipinski definition) is 5. The Kier molecular flexibility index (Phi) is 3.83. The maximum absolute atomic E-state index is 12.2. The monoisotopic (exact) mass is 346 g/mol. The van der Waals surface area contributed by atoms with Gasteiger partial charge >= 0.3 is 11.9 Å². The molecule has 5 heteroatoms. The van der Waals surface area contributed by atoms with Crippen molar-refractivity contribution >= 4 is 11.9 Å². The first-order chi connectivity index (χ1) is 11.9. The van der Waals surface area contributed by atoms with Crippen LogP contribution in [-0.2, 0) is 19.1 Å². The summed E-state index contributed by atoms with van der Waals surface area (Å²) < 4.78 is 10.4. The Hall–Kier alpha value is -1.62. The first-order valence-electron chi connectivity index (χ1n) is 9.30. The third kappa shape index (κ3) is 2.31. The molecule has 0 unspecified atom stereocenters. The van der Waals surface area contributed by atoms with E-state index in [1.807, 2.05) is 12.2 Å². The standard InChI is InChI=1S/C20H26O5/c1-12-15(21)10-20-11-25-18(23)14(20)4-3-5-16(20)19(12,2)8-6-13-7-9-24-17(13)22/h4,7,12,15-16,21H,3,5-6,8-11H2,1-2H3/t12-,15-,16-,19+,20-/m1/s1. The van der Waals surface area contributed by atoms with Gasteiger partial charge in [-0.15, -0.1) is 0 Å². The van der Waals surface area contributed by atoms with Crippen LogP contribution in [0.4, 0.5) is 0 Å². The zero-order valence-electron chi connectivity index (χ0n) is 14.9. The van der Waals surface area contributed by atoms with Gasteiger partial charge in [0, 0.05) is 16.6 Å². The van der Waals surface area contributed by atoms with Gasteiger partial charge in [-0.05, 0) is 55.4 Å². The zero-order valence-corrected chi connectivity index (χ0v) is 14.9. The Balaban J connectivity index is 1.67. The molecule has 1 spiro atoms. The number of hydrogen-bond donors (Lipinski definition) is 1. The van der Waals surface area contributed by atoms with Crippen molar-refractivity contribution in [2.45, 2.75) is 52.1 Å². The maximum atomic E-state index is 12.2. The van der Waals surface area contributed by atoms with Crippen LogP contribution in [0.15, 0.2) is 23.3 Å². The van der Waals surface area contributed by atoms with Gasteiger partial charge in [0.25, 0.3) is 0 Å². The highest BCUT2D eigenvalue weighted by Gasteiger charge is 2.63. The Labute approximate surface area is 148 Å². The molecule has 1 N–H and O–H groups in total. The molecule has 1 saturated carbocycles. The number of aliphatic hydroxyl groups excluding tert-OH is 1. The molecule has 4 rings (SSSR count). The third-order valence-electron chi connectivity index (χ3n) is 7.41. The van der Waals surface area contributed by atoms with Crippen LogP contribution >= 0.6 is 0 Å². The molecule has 0 amide bonds. The van der Waals surface area contributed by atoms with E-state index in [-0.39, 0.29) is 34.6 Å². The summed E-state index contributed by atoms with van der Waals surface area (Å²) in [7, 11) is 0. The summed E-state index contributed by atoms with van der Waals surface area (Å²) >= 11 is 0. The van der Waals surface area contributed by atoms with Gasteiger partial charge in [-0.1, -0.05) is 19.9 Å². The molecular formula is C20H26O5. The van der Waals surface area contributed by atoms with Gasteiger partial charge in [0.05, 0.1) is 6.10 Å². The molecule has 5 atom stereocenters. The fraction of sp³-hybridized carbons (Fsp3) is 0.700. The molecule has 0 aromatic rings. The molecule has 25 heavy (non-hydrogen) atoms. The van der Waals surface area contributed by atoms with E-state index in [0.29, 0.717) is 26.1 Å². The topological polar surface area (TPSA) is 72.8 Å². The summed E-state index contributed by atoms with van der Waals surface area (Å²) in [6.07, 6.45) is 7.34. The number of aliphatic hydroxyl groups is 1. The van der Waals surface area contributed by atoms with Crippen molar-refractivity contribution in [1.29, 1.82) is 0 Å². The molecule has 0 bridgehead atoms. The zero-order chi connectivity index (χ0) is 17.8. The molecule has 136 valence electrons. The van der Waals surface area contributed by atoms with E-state index in [0.717, 1.165) is 30.4 Å². The second kappa shape index (κ2) is 5.70. The van der Waals surface area contributed by atoms with Gasteiger partial charge in [-0.3, -0.25) is 0 Å². The number of ether oxygens (including phenoxy) is 2. The fourth-order valence-corrected chi connectivity index (χ4v) is 5.78. The van der Waals surface area contributed by atoms with Crippen molar-refractivity contribution in [2.24, 2.45) is 22.7 Å². The summed E-state index contributed by atoms with van der Waals surface area (Å²) in [6.45, 7) is 5.08. The molecular weight excluding hydrogens is 320 g/mol. The van der Waals surface area contributed by atoms with Crippen molar-refractivity contribution in [3.8, 4) is 0 Å². The molecule has 4 aliphatic rings. The lowest BCUT2D eigenvalue weighted by molar-refractivity contribution is -0.139. The predicted octanol–water partition coefficient (Wildman–Crippen LogP) is 2.54. The van der Waals surface area contributed by atoms with Gasteiger partial charge in [-0.2, -0.15) is 0 Å². The maximum Gasteiger partial charge on any atom is 0.334 e. The lowest BCUT2D eigenvalue weighted by Gasteiger charge is -2.58. The minimum Gasteiger partial charge on any atom is -0.461 e. The number of rotatable bonds is 3. The van der Waals surface area contributed by atoms with Crippen molar-refractivity contribution < 1.29 is 24.2 Å². The van der Waals surface area contributed by atoms with Crippen LogP contribution in [0.2, 0.25) is 0 Å². The highest BCUT2D eigenvalue weighted by molar-refractivity contribution is 5.92. The number of esters is 2. The van der Waals surface area contributed by atoms with Crippen molar-refractivity contribution in [3.05, 3.63) is 23.3 Å². The molecule has 2 heterocycles. The van der Waals surface area contributed by atoms with E-state index in [4.69, 9.17) is 9.47 Å². The van der Waals surface area contributed by atoms with Gasteiger partial charge in [0.15, 0.2) is 0 Å². The quantitative estimate of drug-likeness (QED) is 0.795. The SMILES string of the molecule is C[C@@H]1[C@H](O)C[C@@]23COC(=O)C2=CCC[C@@H]3[C@@]1(C)CCC1=CCOC1=O. The Morgan fingerprint density at radius 1 is 1.24 bits per heavy atom. The Morgan fingerprint density at radius 2 is 2.04 bits per heavy atom. The van der Waals surface area contributed by atoms with E-state index in [1.165, 1.54) is 0 Å². The van der Waals surface area contributed by atoms with Crippen LogP contribution in [0.5, 0.6) is 0 Å². The predicted molar refractivity (Wildman–Crippen MR) is 90.4 cm³/mol. The summed E-state index contributed by atoms with van der Waals surface area (Å²) in [4.78, 5) is 24.0. The van der Waals surface area contributed by atoms with E-state index < -0.39 is 6.10 Å². The number of allylic oxidation sites excluding steroid dienone is 1. The van der Waals surface area contributed by atoms with Crippen molar-refractivity contribution in [2.75, 3.05) is 13.2 Å². The number of carbonyl (C=O) groups excluding carboxylic acids is 2. The van der Waals surface area contributed by atoms with Crippen LogP contribution in [0.1, 0.15) is 46.0 Å². The van der Waals surface area contributed by atoms with Crippen LogP contribution in [0.25, 0.3) is 0 Å². The van der Waals surface area contributed by atoms with E-state index in [1.54, 1.807) is 0 Å². The van der Waals surface area contributed by atoms with Gasteiger partial charge in [0.1, 0.15) is 13.2 Å². The largest absolute Gasteiger partial charge is 0.461 e. The molecule has 0 aromatic heterocycles. The average molecular weight is 346 g/mol. The molecule has 5 nitrogen and oxygen atoms in total. The highest BCUT2D eigenvalue weighted by atomic mass is 16.5. The minimum atomic E-state index is -0.471. The summed E-state index contributed by atoms with van der Waals surface area (Å²) in [5.74, 6) is -0.0408. The second-order valence-corrected chi connectivity index (χ2v) is 8.37. The van der Waals surface area contributed by atoms with Gasteiger partial charge < -0.3 is 14.6 Å². The summed E-state index contributed by atoms with van der Waals surface area (Å²) in [6, 6.07) is 0. The molecule has 2 aliphatic carbocycles. The summed E-state index contributed by atoms with van der Waals surface area (Å²) in [5, 5.41) is 10.8. The smallest absolute Gasteiger partial charge is 0.334 e. The molecule has 0 radical (unpaired) electrons. The van der Waals surface area contributed by atoms with Crippen LogP contribution in [-0.4, -0.2) is 36.4 Å². The third-order valence-corrected chi connectivity index (χ3v) is 7.41. The van der Waals surface area contributed by atoms with E-state index >= 15 is 0 Å². The molecule has 2 fully saturated rings. The van der Waals surface area contributed by atoms with Crippen molar-refractivity contribution in [3.63, 3.8) is 0 Å². The van der Waals surface area contributed by atoms with Crippen LogP contribution in [0, 0.1) is 22.7 Å². The molecule has 0 aromatic carbocycles. The first-order valence-corrected chi connectivity index (χ1v) is 9.30. The minimum absolute atomic E-state index is 0.108. The number of carbonyl (C=O) groups is 2. The van der Waals surface area contributed by atoms with Crippen LogP contribution in [0.3, 0.4) is 0 Å². The van der Waals surface area contributed by atoms with Crippen LogP contribution < -0.4 is 0 Å². The number of cyclic esters (lactones) is 2. The molecule has 2 aliphatic heterocycles. The fourth-order valence-electron chi connectivity index (χ4n) is 5.78.